The summed E-state index contributed by atoms with van der Waals surface area (Å²) in [5, 5.41) is 0. The van der Waals surface area contributed by atoms with Crippen LogP contribution >= 0.6 is 0 Å². The molecule has 4 aromatic rings. The Morgan fingerprint density at radius 2 is 0.675 bits per heavy atom. The van der Waals surface area contributed by atoms with E-state index in [-0.39, 0.29) is 49.6 Å². The third kappa shape index (κ3) is 20.3. The highest BCUT2D eigenvalue weighted by Gasteiger charge is 2.30. The van der Waals surface area contributed by atoms with Crippen molar-refractivity contribution in [3.05, 3.63) is 142 Å². The summed E-state index contributed by atoms with van der Waals surface area (Å²) in [6.45, 7) is 12.6. The van der Waals surface area contributed by atoms with Crippen LogP contribution in [0.15, 0.2) is 97.1 Å². The van der Waals surface area contributed by atoms with E-state index in [1.165, 1.54) is 44.1 Å². The van der Waals surface area contributed by atoms with Gasteiger partial charge in [-0.3, -0.25) is 9.80 Å². The molecule has 0 spiro atoms. The first-order chi connectivity index (χ1) is 38.5. The van der Waals surface area contributed by atoms with Crippen molar-refractivity contribution in [2.24, 2.45) is 0 Å². The van der Waals surface area contributed by atoms with Crippen LogP contribution < -0.4 is 0 Å². The molecule has 0 unspecified atom stereocenters. The number of benzene rings is 4. The van der Waals surface area contributed by atoms with E-state index < -0.39 is 39.3 Å². The van der Waals surface area contributed by atoms with E-state index in [2.05, 4.69) is 49.6 Å². The van der Waals surface area contributed by atoms with Crippen molar-refractivity contribution in [2.45, 2.75) is 181 Å². The molecule has 6 rings (SSSR count). The van der Waals surface area contributed by atoms with Gasteiger partial charge in [0.2, 0.25) is 0 Å². The fourth-order valence-electron chi connectivity index (χ4n) is 11.1. The van der Waals surface area contributed by atoms with Crippen molar-refractivity contribution in [3.63, 3.8) is 0 Å². The zero-order valence-corrected chi connectivity index (χ0v) is 52.0. The molecule has 14 heteroatoms. The minimum absolute atomic E-state index is 0.0305. The lowest BCUT2D eigenvalue weighted by Gasteiger charge is -2.43. The molecule has 2 aliphatic heterocycles. The lowest BCUT2D eigenvalue weighted by molar-refractivity contribution is 0.0156. The number of hydrogen-bond donors (Lipinski definition) is 0. The lowest BCUT2D eigenvalue weighted by Crippen LogP contribution is -2.45. The quantitative estimate of drug-likeness (QED) is 0.0328. The molecule has 0 N–H and O–H groups in total. The maximum Gasteiger partial charge on any atom is 0.178 e. The van der Waals surface area contributed by atoms with Crippen LogP contribution in [-0.2, 0) is 45.1 Å². The van der Waals surface area contributed by atoms with Crippen LogP contribution in [0.2, 0.25) is 0 Å². The number of unbranched alkanes of at least 4 members (excludes halogenated alkanes) is 12. The highest BCUT2D eigenvalue weighted by Crippen LogP contribution is 2.35. The molecule has 0 aliphatic carbocycles. The molecule has 2 fully saturated rings. The Morgan fingerprint density at radius 3 is 1.00 bits per heavy atom. The van der Waals surface area contributed by atoms with Crippen LogP contribution in [0.3, 0.4) is 0 Å². The topological polar surface area (TPSA) is 143 Å². The summed E-state index contributed by atoms with van der Waals surface area (Å²) in [5.41, 5.74) is 5.25. The zero-order chi connectivity index (χ0) is 57.4. The molecule has 440 valence electrons. The van der Waals surface area contributed by atoms with E-state index in [0.717, 1.165) is 103 Å². The standard InChI is InChI=1S/C66H94N2O8S4/c1-5-9-13-23-47-77(69,70)54-58-29-27-55(28-30-58)51-63(78(71,72)48-24-14-10-6-2)59-35-31-56(32-36-59)52-64(79(73,74)49-25-15-11-7-3)60-37-33-57(34-38-60)53-65(80(75,76)50-26-16-12-8-4)61-39-41-62(42-40-61)66(67-43-19-17-20-44-67)68-45-21-18-22-46-68/h27-42,51-53,66H,5-26,43-50,54H2,1-4H3/b63-51-,64-52-,65-53-. The summed E-state index contributed by atoms with van der Waals surface area (Å²) in [4.78, 5) is 5.74. The Morgan fingerprint density at radius 1 is 0.375 bits per heavy atom. The first-order valence-electron chi connectivity index (χ1n) is 30.4. The number of piperidine rings is 2. The van der Waals surface area contributed by atoms with Gasteiger partial charge in [0.25, 0.3) is 0 Å². The average Bonchev–Trinajstić information content (AvgIpc) is 3.46. The van der Waals surface area contributed by atoms with Gasteiger partial charge in [-0.1, -0.05) is 215 Å². The second-order valence-electron chi connectivity index (χ2n) is 22.5. The van der Waals surface area contributed by atoms with Crippen LogP contribution in [0.4, 0.5) is 0 Å². The molecule has 10 nitrogen and oxygen atoms in total. The van der Waals surface area contributed by atoms with Crippen LogP contribution in [0.5, 0.6) is 0 Å². The molecule has 0 bridgehead atoms. The summed E-state index contributed by atoms with van der Waals surface area (Å²) >= 11 is 0. The Labute approximate surface area is 484 Å². The summed E-state index contributed by atoms with van der Waals surface area (Å²) in [6, 6.07) is 29.3. The SMILES string of the molecule is CCCCCCS(=O)(=O)Cc1ccc(/C=C(/c2ccc(/C=C(/c3ccc(/C=C(/c4ccc(C(N5CCCCC5)N5CCCCC5)cc4)S(=O)(=O)CCCCCC)cc3)S(=O)(=O)CCCCCC)cc2)S(=O)(=O)CCCCCC)cc1. The predicted octanol–water partition coefficient (Wildman–Crippen LogP) is 15.6. The number of hydrogen-bond acceptors (Lipinski definition) is 10. The molecular weight excluding hydrogens is 1080 g/mol. The fraction of sp³-hybridized carbons (Fsp3) is 0.545. The van der Waals surface area contributed by atoms with Crippen LogP contribution in [0.25, 0.3) is 32.9 Å². The summed E-state index contributed by atoms with van der Waals surface area (Å²) in [5.74, 6) is 0.0268. The lowest BCUT2D eigenvalue weighted by atomic mass is 10.0. The molecule has 2 saturated heterocycles. The smallest absolute Gasteiger partial charge is 0.178 e. The Kier molecular flexibility index (Phi) is 26.5. The molecule has 80 heavy (non-hydrogen) atoms. The minimum Gasteiger partial charge on any atom is -0.284 e. The zero-order valence-electron chi connectivity index (χ0n) is 48.8. The van der Waals surface area contributed by atoms with Gasteiger partial charge in [0.15, 0.2) is 39.3 Å². The Bertz CT molecular complexity index is 3050. The van der Waals surface area contributed by atoms with Crippen LogP contribution in [0.1, 0.15) is 220 Å². The van der Waals surface area contributed by atoms with Gasteiger partial charge in [-0.05, 0) is 140 Å². The van der Waals surface area contributed by atoms with Crippen molar-refractivity contribution in [1.82, 2.24) is 9.80 Å². The second kappa shape index (κ2) is 32.6. The van der Waals surface area contributed by atoms with Gasteiger partial charge in [-0.2, -0.15) is 0 Å². The summed E-state index contributed by atoms with van der Waals surface area (Å²) < 4.78 is 112. The average molecular weight is 1170 g/mol. The molecule has 2 aliphatic rings. The maximum atomic E-state index is 14.4. The van der Waals surface area contributed by atoms with Crippen molar-refractivity contribution in [2.75, 3.05) is 49.2 Å². The first kappa shape index (κ1) is 65.0. The van der Waals surface area contributed by atoms with Gasteiger partial charge in [0, 0.05) is 0 Å². The monoisotopic (exact) mass is 1170 g/mol. The van der Waals surface area contributed by atoms with Crippen molar-refractivity contribution < 1.29 is 33.7 Å². The number of nitrogens with zero attached hydrogens (tertiary/aromatic N) is 2. The Hall–Kier alpha value is -4.18. The van der Waals surface area contributed by atoms with Gasteiger partial charge < -0.3 is 0 Å². The van der Waals surface area contributed by atoms with Gasteiger partial charge in [0.1, 0.15) is 0 Å². The van der Waals surface area contributed by atoms with Crippen LogP contribution in [0, 0.1) is 0 Å². The van der Waals surface area contributed by atoms with E-state index in [1.54, 1.807) is 91.0 Å². The van der Waals surface area contributed by atoms with Gasteiger partial charge in [0.05, 0.1) is 49.6 Å². The molecule has 0 saturated carbocycles. The third-order valence-corrected chi connectivity index (χ3v) is 23.0. The summed E-state index contributed by atoms with van der Waals surface area (Å²) in [6.07, 6.45) is 25.7. The normalized spacial score (nSPS) is 15.9. The largest absolute Gasteiger partial charge is 0.284 e. The van der Waals surface area contributed by atoms with E-state index in [4.69, 9.17) is 0 Å². The highest BCUT2D eigenvalue weighted by molar-refractivity contribution is 8.01. The van der Waals surface area contributed by atoms with Gasteiger partial charge >= 0.3 is 0 Å². The van der Waals surface area contributed by atoms with Gasteiger partial charge in [-0.25, -0.2) is 33.7 Å². The third-order valence-electron chi connectivity index (χ3n) is 15.7. The van der Waals surface area contributed by atoms with Crippen molar-refractivity contribution in [3.8, 4) is 0 Å². The molecule has 4 aromatic carbocycles. The Balaban J connectivity index is 1.34. The molecule has 0 atom stereocenters. The summed E-state index contributed by atoms with van der Waals surface area (Å²) in [7, 11) is -14.6. The highest BCUT2D eigenvalue weighted by atomic mass is 32.2. The fourth-order valence-corrected chi connectivity index (χ4v) is 17.4. The van der Waals surface area contributed by atoms with Crippen LogP contribution in [-0.4, -0.2) is 92.7 Å². The number of likely N-dealkylation sites (tertiary alicyclic amines) is 2. The number of sulfone groups is 4. The van der Waals surface area contributed by atoms with Gasteiger partial charge in [-0.15, -0.1) is 0 Å². The first-order valence-corrected chi connectivity index (χ1v) is 37.2. The predicted molar refractivity (Wildman–Crippen MR) is 338 cm³/mol. The van der Waals surface area contributed by atoms with E-state index in [0.29, 0.717) is 64.6 Å². The minimum atomic E-state index is -3.83. The molecule has 0 aromatic heterocycles. The van der Waals surface area contributed by atoms with Crippen molar-refractivity contribution >= 4 is 72.3 Å². The maximum absolute atomic E-state index is 14.4. The number of rotatable bonds is 34. The van der Waals surface area contributed by atoms with E-state index >= 15 is 0 Å². The second-order valence-corrected chi connectivity index (χ2v) is 30.9. The molecule has 0 amide bonds. The van der Waals surface area contributed by atoms with E-state index in [1.807, 2.05) is 12.1 Å². The van der Waals surface area contributed by atoms with Crippen molar-refractivity contribution in [1.29, 1.82) is 0 Å². The molecule has 0 radical (unpaired) electrons. The van der Waals surface area contributed by atoms with E-state index in [9.17, 15) is 33.7 Å². The molecular formula is C66H94N2O8S4. The molecule has 2 heterocycles.